The molecule has 0 saturated heterocycles. The van der Waals surface area contributed by atoms with Gasteiger partial charge in [-0.2, -0.15) is 13.1 Å². The molecule has 77 valence electrons. The molecule has 0 amide bonds. The first-order valence-electron chi connectivity index (χ1n) is 3.29. The molecule has 6 nitrogen and oxygen atoms in total. The van der Waals surface area contributed by atoms with Crippen LogP contribution in [0.5, 0.6) is 0 Å². The molecule has 0 rings (SSSR count). The Morgan fingerprint density at radius 1 is 0.923 bits per heavy atom. The monoisotopic (exact) mass is 231 g/mol. The molecule has 7 heteroatoms. The van der Waals surface area contributed by atoms with Gasteiger partial charge in [0.05, 0.1) is 0 Å². The summed E-state index contributed by atoms with van der Waals surface area (Å²) in [5, 5.41) is 26.6. The predicted octanol–water partition coefficient (Wildman–Crippen LogP) is -2.77. The molecule has 0 heterocycles. The average molecular weight is 231 g/mol. The molecule has 0 saturated carbocycles. The molecule has 1 radical (unpaired) electrons. The summed E-state index contributed by atoms with van der Waals surface area (Å²) in [7, 11) is 0. The van der Waals surface area contributed by atoms with Gasteiger partial charge in [0.25, 0.3) is 0 Å². The maximum absolute atomic E-state index is 9.80. The fourth-order valence-corrected chi connectivity index (χ4v) is 0.482. The van der Waals surface area contributed by atoms with Crippen LogP contribution in [0.4, 0.5) is 0 Å². The number of carboxylic acid groups (broad SMARTS) is 2. The van der Waals surface area contributed by atoms with Crippen LogP contribution < -0.4 is 10.2 Å². The van der Waals surface area contributed by atoms with Crippen molar-refractivity contribution in [2.24, 2.45) is 0 Å². The van der Waals surface area contributed by atoms with E-state index < -0.39 is 11.9 Å². The normalized spacial score (nSPS) is 8.92. The second kappa shape index (κ2) is 9.45. The molecule has 0 N–H and O–H groups in total. The van der Waals surface area contributed by atoms with Crippen molar-refractivity contribution in [2.45, 2.75) is 0 Å². The average Bonchev–Trinajstić information content (AvgIpc) is 1.95. The van der Waals surface area contributed by atoms with Crippen molar-refractivity contribution in [3.63, 3.8) is 0 Å². The number of rotatable bonds is 7. The van der Waals surface area contributed by atoms with E-state index in [9.17, 15) is 19.8 Å². The van der Waals surface area contributed by atoms with Crippen molar-refractivity contribution in [1.29, 1.82) is 0 Å². The summed E-state index contributed by atoms with van der Waals surface area (Å²) in [6, 6.07) is 0. The van der Waals surface area contributed by atoms with Gasteiger partial charge in [-0.1, -0.05) is 0 Å². The van der Waals surface area contributed by atoms with Crippen LogP contribution in [-0.4, -0.2) is 38.1 Å². The van der Waals surface area contributed by atoms with Gasteiger partial charge in [-0.25, -0.2) is 0 Å². The molecular weight excluding hydrogens is 223 g/mol. The minimum Gasteiger partial charge on any atom is -0.659 e. The fourth-order valence-electron chi connectivity index (χ4n) is 0.482. The van der Waals surface area contributed by atoms with Crippen molar-refractivity contribution in [3.8, 4) is 0 Å². The van der Waals surface area contributed by atoms with Crippen LogP contribution in [0.2, 0.25) is 0 Å². The SMILES string of the molecule is O=C([O-])C[N-]CC[N-]CC(=O)[O-].[Co+2]. The number of carbonyl (C=O) groups is 2. The van der Waals surface area contributed by atoms with Crippen LogP contribution in [0.15, 0.2) is 0 Å². The molecule has 0 aromatic carbocycles. The largest absolute Gasteiger partial charge is 2.00 e. The van der Waals surface area contributed by atoms with Gasteiger partial charge >= 0.3 is 16.8 Å². The maximum atomic E-state index is 9.80. The standard InChI is InChI=1S/C6H10N2O4.Co/c9-5(10)3-7-1-2-8-4-6(11)12;/h1-4H2,(H,9,10)(H,11,12);/q-2;+2/p-2. The van der Waals surface area contributed by atoms with Crippen LogP contribution in [0, 0.1) is 0 Å². The second-order valence-electron chi connectivity index (χ2n) is 1.95. The van der Waals surface area contributed by atoms with Crippen LogP contribution in [0.1, 0.15) is 0 Å². The van der Waals surface area contributed by atoms with Crippen LogP contribution in [0.25, 0.3) is 10.6 Å². The summed E-state index contributed by atoms with van der Waals surface area (Å²) in [5.74, 6) is -2.51. The fraction of sp³-hybridized carbons (Fsp3) is 0.667. The van der Waals surface area contributed by atoms with E-state index in [1.54, 1.807) is 0 Å². The van der Waals surface area contributed by atoms with Crippen LogP contribution in [-0.2, 0) is 26.4 Å². The Bertz CT molecular complexity index is 147. The van der Waals surface area contributed by atoms with E-state index in [-0.39, 0.29) is 43.0 Å². The molecular formula is C6H8CoN2O4-2. The zero-order valence-corrected chi connectivity index (χ0v) is 7.73. The number of carboxylic acids is 2. The summed E-state index contributed by atoms with van der Waals surface area (Å²) in [6.45, 7) is -0.357. The van der Waals surface area contributed by atoms with Crippen LogP contribution >= 0.6 is 0 Å². The molecule has 0 fully saturated rings. The number of carbonyl (C=O) groups excluding carboxylic acids is 2. The van der Waals surface area contributed by atoms with Gasteiger partial charge in [-0.15, -0.1) is 13.1 Å². The number of aliphatic carboxylic acids is 2. The molecule has 0 unspecified atom stereocenters. The Labute approximate surface area is 85.9 Å². The van der Waals surface area contributed by atoms with Gasteiger partial charge in [0.2, 0.25) is 0 Å². The molecule has 0 spiro atoms. The smallest absolute Gasteiger partial charge is 0.659 e. The number of hydrogen-bond donors (Lipinski definition) is 0. The first-order chi connectivity index (χ1) is 5.63. The first kappa shape index (κ1) is 14.9. The molecule has 0 atom stereocenters. The van der Waals surface area contributed by atoms with Gasteiger partial charge in [0, 0.05) is 11.9 Å². The van der Waals surface area contributed by atoms with E-state index in [0.717, 1.165) is 0 Å². The van der Waals surface area contributed by atoms with Crippen molar-refractivity contribution < 1.29 is 36.6 Å². The Morgan fingerprint density at radius 3 is 1.46 bits per heavy atom. The summed E-state index contributed by atoms with van der Waals surface area (Å²) in [5.41, 5.74) is 0. The summed E-state index contributed by atoms with van der Waals surface area (Å²) >= 11 is 0. The third-order valence-corrected chi connectivity index (χ3v) is 0.898. The maximum Gasteiger partial charge on any atom is 2.00 e. The molecule has 0 aliphatic rings. The Morgan fingerprint density at radius 2 is 1.23 bits per heavy atom. The molecule has 13 heavy (non-hydrogen) atoms. The topological polar surface area (TPSA) is 108 Å². The second-order valence-corrected chi connectivity index (χ2v) is 1.95. The van der Waals surface area contributed by atoms with E-state index in [0.29, 0.717) is 0 Å². The minimum atomic E-state index is -1.25. The van der Waals surface area contributed by atoms with E-state index in [1.807, 2.05) is 0 Å². The van der Waals surface area contributed by atoms with Gasteiger partial charge in [0.1, 0.15) is 0 Å². The third-order valence-electron chi connectivity index (χ3n) is 0.898. The third kappa shape index (κ3) is 14.2. The Hall–Kier alpha value is -0.634. The van der Waals surface area contributed by atoms with Crippen molar-refractivity contribution in [2.75, 3.05) is 26.2 Å². The molecule has 0 aromatic rings. The van der Waals surface area contributed by atoms with Crippen molar-refractivity contribution in [1.82, 2.24) is 0 Å². The predicted molar refractivity (Wildman–Crippen MR) is 36.2 cm³/mol. The molecule has 0 aliphatic carbocycles. The van der Waals surface area contributed by atoms with Crippen molar-refractivity contribution in [3.05, 3.63) is 10.6 Å². The van der Waals surface area contributed by atoms with Gasteiger partial charge < -0.3 is 30.4 Å². The molecule has 0 bridgehead atoms. The van der Waals surface area contributed by atoms with Gasteiger partial charge in [0.15, 0.2) is 0 Å². The van der Waals surface area contributed by atoms with Gasteiger partial charge in [-0.3, -0.25) is 0 Å². The Balaban J connectivity index is 0. The first-order valence-corrected chi connectivity index (χ1v) is 3.29. The van der Waals surface area contributed by atoms with E-state index >= 15 is 0 Å². The summed E-state index contributed by atoms with van der Waals surface area (Å²) < 4.78 is 0. The van der Waals surface area contributed by atoms with Crippen molar-refractivity contribution >= 4 is 11.9 Å². The summed E-state index contributed by atoms with van der Waals surface area (Å²) in [4.78, 5) is 19.6. The van der Waals surface area contributed by atoms with Crippen LogP contribution in [0.3, 0.4) is 0 Å². The number of nitrogens with zero attached hydrogens (tertiary/aromatic N) is 2. The van der Waals surface area contributed by atoms with E-state index in [4.69, 9.17) is 0 Å². The summed E-state index contributed by atoms with van der Waals surface area (Å²) in [6.07, 6.45) is 0. The quantitative estimate of drug-likeness (QED) is 0.442. The van der Waals surface area contributed by atoms with E-state index in [2.05, 4.69) is 10.6 Å². The van der Waals surface area contributed by atoms with E-state index in [1.165, 1.54) is 0 Å². The Kier molecular flexibility index (Phi) is 10.8. The number of hydrogen-bond acceptors (Lipinski definition) is 4. The minimum absolute atomic E-state index is 0. The zero-order valence-electron chi connectivity index (χ0n) is 6.69. The zero-order chi connectivity index (χ0) is 9.40. The molecule has 0 aromatic heterocycles. The van der Waals surface area contributed by atoms with Gasteiger partial charge in [-0.05, 0) is 0 Å². The molecule has 0 aliphatic heterocycles.